The van der Waals surface area contributed by atoms with Crippen LogP contribution in [0, 0.1) is 13.8 Å². The number of aromatic nitrogens is 2. The minimum atomic E-state index is -0.206. The Morgan fingerprint density at radius 3 is 2.59 bits per heavy atom. The first-order chi connectivity index (χ1) is 14.0. The van der Waals surface area contributed by atoms with Crippen LogP contribution in [0.2, 0.25) is 0 Å². The van der Waals surface area contributed by atoms with E-state index in [1.165, 1.54) is 0 Å². The van der Waals surface area contributed by atoms with Crippen molar-refractivity contribution in [2.75, 3.05) is 6.54 Å². The van der Waals surface area contributed by atoms with E-state index in [1.54, 1.807) is 6.07 Å². The fourth-order valence-electron chi connectivity index (χ4n) is 3.64. The average Bonchev–Trinajstić information content (AvgIpc) is 3.16. The Hall–Kier alpha value is -3.41. The number of rotatable bonds is 4. The normalized spacial score (nSPS) is 13.1. The molecule has 0 saturated heterocycles. The van der Waals surface area contributed by atoms with Gasteiger partial charge in [-0.3, -0.25) is 14.3 Å². The van der Waals surface area contributed by atoms with Crippen molar-refractivity contribution in [3.8, 4) is 0 Å². The zero-order valence-electron chi connectivity index (χ0n) is 16.7. The van der Waals surface area contributed by atoms with Gasteiger partial charge in [0.25, 0.3) is 11.8 Å². The van der Waals surface area contributed by atoms with E-state index >= 15 is 0 Å². The molecule has 0 radical (unpaired) electrons. The van der Waals surface area contributed by atoms with Gasteiger partial charge in [0.05, 0.1) is 18.8 Å². The van der Waals surface area contributed by atoms with Gasteiger partial charge in [0.2, 0.25) is 0 Å². The van der Waals surface area contributed by atoms with Crippen LogP contribution in [-0.4, -0.2) is 33.0 Å². The van der Waals surface area contributed by atoms with E-state index in [9.17, 15) is 9.59 Å². The van der Waals surface area contributed by atoms with Crippen LogP contribution >= 0.6 is 0 Å². The molecular weight excluding hydrogens is 364 g/mol. The Kier molecular flexibility index (Phi) is 5.16. The smallest absolute Gasteiger partial charge is 0.272 e. The molecule has 0 spiro atoms. The second-order valence-electron chi connectivity index (χ2n) is 7.46. The summed E-state index contributed by atoms with van der Waals surface area (Å²) in [5, 5.41) is 7.33. The van der Waals surface area contributed by atoms with E-state index in [2.05, 4.69) is 10.4 Å². The first kappa shape index (κ1) is 18.9. The van der Waals surface area contributed by atoms with Crippen LogP contribution in [0.25, 0.3) is 0 Å². The van der Waals surface area contributed by atoms with Gasteiger partial charge in [-0.25, -0.2) is 0 Å². The van der Waals surface area contributed by atoms with Crippen LogP contribution in [0.3, 0.4) is 0 Å². The Bertz CT molecular complexity index is 1060. The molecule has 148 valence electrons. The molecule has 1 aliphatic heterocycles. The molecule has 0 atom stereocenters. The Balaban J connectivity index is 1.44. The lowest BCUT2D eigenvalue weighted by Gasteiger charge is -2.28. The molecule has 0 saturated carbocycles. The van der Waals surface area contributed by atoms with E-state index in [0.29, 0.717) is 31.9 Å². The number of fused-ring (bicyclic) bond motifs is 1. The topological polar surface area (TPSA) is 67.2 Å². The molecule has 3 aromatic rings. The third-order valence-corrected chi connectivity index (χ3v) is 5.23. The molecule has 0 unspecified atom stereocenters. The van der Waals surface area contributed by atoms with Crippen LogP contribution in [0.1, 0.15) is 43.2 Å². The molecule has 0 aliphatic carbocycles. The Morgan fingerprint density at radius 2 is 1.83 bits per heavy atom. The third-order valence-electron chi connectivity index (χ3n) is 5.23. The number of nitrogens with one attached hydrogen (secondary N) is 1. The quantitative estimate of drug-likeness (QED) is 0.747. The van der Waals surface area contributed by atoms with Gasteiger partial charge in [0.15, 0.2) is 5.69 Å². The fraction of sp³-hybridized carbons (Fsp3) is 0.261. The molecule has 2 heterocycles. The standard InChI is InChI=1S/C23H24N4O2/c1-16-8-9-20(17(2)12-16)23(29)26-10-11-27-19(15-26)13-21(25-27)22(28)24-14-18-6-4-3-5-7-18/h3-9,12-13H,10-11,14-15H2,1-2H3,(H,24,28). The number of amides is 2. The van der Waals surface area contributed by atoms with E-state index in [1.807, 2.05) is 72.0 Å². The highest BCUT2D eigenvalue weighted by Crippen LogP contribution is 2.19. The molecule has 2 amide bonds. The van der Waals surface area contributed by atoms with Crippen molar-refractivity contribution in [1.29, 1.82) is 0 Å². The van der Waals surface area contributed by atoms with E-state index in [-0.39, 0.29) is 11.8 Å². The Labute approximate surface area is 170 Å². The van der Waals surface area contributed by atoms with Crippen LogP contribution in [0.5, 0.6) is 0 Å². The number of aryl methyl sites for hydroxylation is 2. The lowest BCUT2D eigenvalue weighted by Crippen LogP contribution is -2.38. The maximum Gasteiger partial charge on any atom is 0.272 e. The van der Waals surface area contributed by atoms with Crippen molar-refractivity contribution in [2.24, 2.45) is 0 Å². The van der Waals surface area contributed by atoms with Gasteiger partial charge in [-0.2, -0.15) is 5.10 Å². The summed E-state index contributed by atoms with van der Waals surface area (Å²) >= 11 is 0. The van der Waals surface area contributed by atoms with E-state index in [0.717, 1.165) is 27.9 Å². The summed E-state index contributed by atoms with van der Waals surface area (Å²) in [4.78, 5) is 27.3. The monoisotopic (exact) mass is 388 g/mol. The molecule has 6 heteroatoms. The third kappa shape index (κ3) is 4.06. The summed E-state index contributed by atoms with van der Waals surface area (Å²) in [6, 6.07) is 17.4. The van der Waals surface area contributed by atoms with Crippen molar-refractivity contribution in [2.45, 2.75) is 33.5 Å². The van der Waals surface area contributed by atoms with Crippen molar-refractivity contribution in [3.05, 3.63) is 88.2 Å². The molecule has 1 aliphatic rings. The highest BCUT2D eigenvalue weighted by molar-refractivity contribution is 5.96. The van der Waals surface area contributed by atoms with E-state index < -0.39 is 0 Å². The SMILES string of the molecule is Cc1ccc(C(=O)N2CCn3nc(C(=O)NCc4ccccc4)cc3C2)c(C)c1. The molecule has 2 aromatic carbocycles. The number of carbonyl (C=O) groups is 2. The predicted molar refractivity (Wildman–Crippen MR) is 110 cm³/mol. The number of hydrogen-bond acceptors (Lipinski definition) is 3. The largest absolute Gasteiger partial charge is 0.347 e. The summed E-state index contributed by atoms with van der Waals surface area (Å²) in [5.41, 5.74) is 5.15. The second-order valence-corrected chi connectivity index (χ2v) is 7.46. The first-order valence-electron chi connectivity index (χ1n) is 9.76. The summed E-state index contributed by atoms with van der Waals surface area (Å²) in [5.74, 6) is -0.187. The predicted octanol–water partition coefficient (Wildman–Crippen LogP) is 3.09. The van der Waals surface area contributed by atoms with Crippen LogP contribution < -0.4 is 5.32 Å². The molecule has 1 aromatic heterocycles. The Morgan fingerprint density at radius 1 is 1.03 bits per heavy atom. The summed E-state index contributed by atoms with van der Waals surface area (Å²) < 4.78 is 1.82. The number of benzene rings is 2. The minimum Gasteiger partial charge on any atom is -0.347 e. The number of hydrogen-bond donors (Lipinski definition) is 1. The van der Waals surface area contributed by atoms with Gasteiger partial charge >= 0.3 is 0 Å². The summed E-state index contributed by atoms with van der Waals surface area (Å²) in [7, 11) is 0. The average molecular weight is 388 g/mol. The highest BCUT2D eigenvalue weighted by Gasteiger charge is 2.25. The van der Waals surface area contributed by atoms with Crippen molar-refractivity contribution in [3.63, 3.8) is 0 Å². The van der Waals surface area contributed by atoms with Crippen molar-refractivity contribution in [1.82, 2.24) is 20.0 Å². The number of nitrogens with zero attached hydrogens (tertiary/aromatic N) is 3. The summed E-state index contributed by atoms with van der Waals surface area (Å²) in [6.07, 6.45) is 0. The van der Waals surface area contributed by atoms with Crippen molar-refractivity contribution >= 4 is 11.8 Å². The minimum absolute atomic E-state index is 0.0185. The molecular formula is C23H24N4O2. The van der Waals surface area contributed by atoms with E-state index in [4.69, 9.17) is 0 Å². The van der Waals surface area contributed by atoms with Gasteiger partial charge in [-0.1, -0.05) is 48.0 Å². The van der Waals surface area contributed by atoms with Crippen LogP contribution in [0.4, 0.5) is 0 Å². The molecule has 4 rings (SSSR count). The first-order valence-corrected chi connectivity index (χ1v) is 9.76. The van der Waals surface area contributed by atoms with Gasteiger partial charge in [-0.05, 0) is 37.1 Å². The molecule has 1 N–H and O–H groups in total. The second kappa shape index (κ2) is 7.91. The number of carbonyl (C=O) groups excluding carboxylic acids is 2. The highest BCUT2D eigenvalue weighted by atomic mass is 16.2. The molecule has 29 heavy (non-hydrogen) atoms. The van der Waals surface area contributed by atoms with Crippen LogP contribution in [-0.2, 0) is 19.6 Å². The summed E-state index contributed by atoms with van der Waals surface area (Å²) in [6.45, 7) is 6.04. The van der Waals surface area contributed by atoms with Gasteiger partial charge in [-0.15, -0.1) is 0 Å². The lowest BCUT2D eigenvalue weighted by molar-refractivity contribution is 0.0704. The maximum absolute atomic E-state index is 13.0. The van der Waals surface area contributed by atoms with Gasteiger partial charge in [0.1, 0.15) is 0 Å². The molecule has 0 fully saturated rings. The lowest BCUT2D eigenvalue weighted by atomic mass is 10.0. The maximum atomic E-state index is 13.0. The van der Waals surface area contributed by atoms with Gasteiger partial charge in [0, 0.05) is 18.7 Å². The van der Waals surface area contributed by atoms with Crippen molar-refractivity contribution < 1.29 is 9.59 Å². The zero-order valence-corrected chi connectivity index (χ0v) is 16.7. The molecule has 0 bridgehead atoms. The fourth-order valence-corrected chi connectivity index (χ4v) is 3.64. The van der Waals surface area contributed by atoms with Gasteiger partial charge < -0.3 is 10.2 Å². The molecule has 6 nitrogen and oxygen atoms in total. The zero-order chi connectivity index (χ0) is 20.4. The van der Waals surface area contributed by atoms with Crippen LogP contribution in [0.15, 0.2) is 54.6 Å².